The minimum atomic E-state index is -0.0182. The molecule has 1 aromatic carbocycles. The Morgan fingerprint density at radius 2 is 2.10 bits per heavy atom. The monoisotopic (exact) mass is 272 g/mol. The minimum absolute atomic E-state index is 0.0182. The van der Waals surface area contributed by atoms with Crippen LogP contribution in [0.3, 0.4) is 0 Å². The molecule has 3 heteroatoms. The summed E-state index contributed by atoms with van der Waals surface area (Å²) in [5.74, 6) is 5.74. The normalized spacial score (nSPS) is 9.75. The van der Waals surface area contributed by atoms with E-state index in [-0.39, 0.29) is 5.91 Å². The van der Waals surface area contributed by atoms with E-state index in [1.165, 1.54) is 12.8 Å². The number of carbonyl (C=O) groups is 1. The van der Waals surface area contributed by atoms with Crippen LogP contribution in [0.25, 0.3) is 0 Å². The standard InChI is InChI=1S/C17H24N2O/c1-3-4-5-6-12-19-17(20)16-13-15(8-7-11-18)10-9-14(16)2/h9-10,13H,3-6,11-12,18H2,1-2H3,(H,19,20). The van der Waals surface area contributed by atoms with Gasteiger partial charge in [0.2, 0.25) is 0 Å². The van der Waals surface area contributed by atoms with Gasteiger partial charge in [-0.2, -0.15) is 0 Å². The Morgan fingerprint density at radius 3 is 2.80 bits per heavy atom. The molecule has 20 heavy (non-hydrogen) atoms. The van der Waals surface area contributed by atoms with E-state index in [9.17, 15) is 4.79 Å². The quantitative estimate of drug-likeness (QED) is 0.618. The topological polar surface area (TPSA) is 55.1 Å². The summed E-state index contributed by atoms with van der Waals surface area (Å²) in [7, 11) is 0. The summed E-state index contributed by atoms with van der Waals surface area (Å²) in [6.07, 6.45) is 4.62. The number of benzene rings is 1. The lowest BCUT2D eigenvalue weighted by Gasteiger charge is -2.08. The van der Waals surface area contributed by atoms with Gasteiger partial charge < -0.3 is 11.1 Å². The van der Waals surface area contributed by atoms with Gasteiger partial charge in [-0.1, -0.05) is 44.1 Å². The van der Waals surface area contributed by atoms with Crippen molar-refractivity contribution in [3.63, 3.8) is 0 Å². The number of nitrogens with one attached hydrogen (secondary N) is 1. The third-order valence-electron chi connectivity index (χ3n) is 3.13. The summed E-state index contributed by atoms with van der Waals surface area (Å²) in [4.78, 5) is 12.1. The van der Waals surface area contributed by atoms with Crippen LogP contribution in [0.1, 0.15) is 54.1 Å². The number of nitrogens with two attached hydrogens (primary N) is 1. The summed E-state index contributed by atoms with van der Waals surface area (Å²) < 4.78 is 0. The van der Waals surface area contributed by atoms with Gasteiger partial charge in [-0.25, -0.2) is 0 Å². The molecule has 0 saturated heterocycles. The zero-order valence-corrected chi connectivity index (χ0v) is 12.5. The van der Waals surface area contributed by atoms with Gasteiger partial charge in [0.05, 0.1) is 6.54 Å². The number of hydrogen-bond donors (Lipinski definition) is 2. The molecular formula is C17H24N2O. The van der Waals surface area contributed by atoms with E-state index in [1.807, 2.05) is 25.1 Å². The van der Waals surface area contributed by atoms with Crippen LogP contribution >= 0.6 is 0 Å². The van der Waals surface area contributed by atoms with Crippen LogP contribution < -0.4 is 11.1 Å². The molecule has 1 amide bonds. The van der Waals surface area contributed by atoms with Crippen molar-refractivity contribution in [2.45, 2.75) is 39.5 Å². The second-order valence-corrected chi connectivity index (χ2v) is 4.85. The molecule has 1 rings (SSSR count). The number of rotatable bonds is 6. The van der Waals surface area contributed by atoms with E-state index >= 15 is 0 Å². The van der Waals surface area contributed by atoms with Gasteiger partial charge in [0.25, 0.3) is 5.91 Å². The summed E-state index contributed by atoms with van der Waals surface area (Å²) in [5, 5.41) is 2.97. The maximum absolute atomic E-state index is 12.1. The maximum Gasteiger partial charge on any atom is 0.251 e. The Labute approximate surface area is 121 Å². The highest BCUT2D eigenvalue weighted by atomic mass is 16.1. The fraction of sp³-hybridized carbons (Fsp3) is 0.471. The van der Waals surface area contributed by atoms with Crippen molar-refractivity contribution in [1.29, 1.82) is 0 Å². The van der Waals surface area contributed by atoms with Crippen molar-refractivity contribution in [2.75, 3.05) is 13.1 Å². The van der Waals surface area contributed by atoms with Crippen molar-refractivity contribution in [1.82, 2.24) is 5.32 Å². The highest BCUT2D eigenvalue weighted by Crippen LogP contribution is 2.10. The number of hydrogen-bond acceptors (Lipinski definition) is 2. The molecule has 108 valence electrons. The molecule has 0 radical (unpaired) electrons. The molecule has 0 aromatic heterocycles. The SMILES string of the molecule is CCCCCCNC(=O)c1cc(C#CCN)ccc1C. The van der Waals surface area contributed by atoms with Crippen LogP contribution in [-0.4, -0.2) is 19.0 Å². The average molecular weight is 272 g/mol. The van der Waals surface area contributed by atoms with Crippen LogP contribution in [0.2, 0.25) is 0 Å². The van der Waals surface area contributed by atoms with Gasteiger partial charge >= 0.3 is 0 Å². The van der Waals surface area contributed by atoms with Crippen molar-refractivity contribution < 1.29 is 4.79 Å². The summed E-state index contributed by atoms with van der Waals surface area (Å²) in [6.45, 7) is 5.17. The Kier molecular flexibility index (Phi) is 7.46. The molecule has 3 N–H and O–H groups in total. The first-order valence-corrected chi connectivity index (χ1v) is 7.26. The maximum atomic E-state index is 12.1. The molecule has 0 atom stereocenters. The molecular weight excluding hydrogens is 248 g/mol. The van der Waals surface area contributed by atoms with Crippen LogP contribution in [0, 0.1) is 18.8 Å². The third-order valence-corrected chi connectivity index (χ3v) is 3.13. The van der Waals surface area contributed by atoms with Gasteiger partial charge in [0, 0.05) is 17.7 Å². The molecule has 1 aromatic rings. The molecule has 0 heterocycles. The third kappa shape index (κ3) is 5.46. The van der Waals surface area contributed by atoms with Crippen LogP contribution in [0.15, 0.2) is 18.2 Å². The van der Waals surface area contributed by atoms with E-state index in [2.05, 4.69) is 24.1 Å². The lowest BCUT2D eigenvalue weighted by atomic mass is 10.0. The average Bonchev–Trinajstić information content (AvgIpc) is 2.46. The van der Waals surface area contributed by atoms with Crippen molar-refractivity contribution >= 4 is 5.91 Å². The smallest absolute Gasteiger partial charge is 0.251 e. The van der Waals surface area contributed by atoms with E-state index < -0.39 is 0 Å². The predicted molar refractivity (Wildman–Crippen MR) is 83.6 cm³/mol. The first-order chi connectivity index (χ1) is 9.69. The molecule has 3 nitrogen and oxygen atoms in total. The van der Waals surface area contributed by atoms with Crippen molar-refractivity contribution in [3.8, 4) is 11.8 Å². The van der Waals surface area contributed by atoms with Gasteiger partial charge in [-0.15, -0.1) is 0 Å². The van der Waals surface area contributed by atoms with Gasteiger partial charge in [0.15, 0.2) is 0 Å². The van der Waals surface area contributed by atoms with Gasteiger partial charge in [-0.3, -0.25) is 4.79 Å². The summed E-state index contributed by atoms with van der Waals surface area (Å²) in [6, 6.07) is 5.67. The van der Waals surface area contributed by atoms with E-state index in [0.717, 1.165) is 30.5 Å². The van der Waals surface area contributed by atoms with Crippen molar-refractivity contribution in [3.05, 3.63) is 34.9 Å². The van der Waals surface area contributed by atoms with E-state index in [0.29, 0.717) is 12.1 Å². The van der Waals surface area contributed by atoms with E-state index in [1.54, 1.807) is 0 Å². The zero-order chi connectivity index (χ0) is 14.8. The van der Waals surface area contributed by atoms with Crippen LogP contribution in [-0.2, 0) is 0 Å². The second-order valence-electron chi connectivity index (χ2n) is 4.85. The van der Waals surface area contributed by atoms with Crippen LogP contribution in [0.4, 0.5) is 0 Å². The largest absolute Gasteiger partial charge is 0.352 e. The van der Waals surface area contributed by atoms with Gasteiger partial charge in [0.1, 0.15) is 0 Å². The summed E-state index contributed by atoms with van der Waals surface area (Å²) in [5.41, 5.74) is 7.85. The summed E-state index contributed by atoms with van der Waals surface area (Å²) >= 11 is 0. The number of carbonyl (C=O) groups excluding carboxylic acids is 1. The Bertz CT molecular complexity index is 497. The molecule has 0 bridgehead atoms. The molecule has 0 aliphatic carbocycles. The zero-order valence-electron chi connectivity index (χ0n) is 12.5. The first kappa shape index (κ1) is 16.3. The molecule has 0 saturated carbocycles. The fourth-order valence-electron chi connectivity index (χ4n) is 1.95. The molecule has 0 aliphatic rings. The minimum Gasteiger partial charge on any atom is -0.352 e. The van der Waals surface area contributed by atoms with E-state index in [4.69, 9.17) is 5.73 Å². The fourth-order valence-corrected chi connectivity index (χ4v) is 1.95. The Balaban J connectivity index is 2.62. The first-order valence-electron chi connectivity index (χ1n) is 7.26. The highest BCUT2D eigenvalue weighted by molar-refractivity contribution is 5.96. The molecule has 0 spiro atoms. The van der Waals surface area contributed by atoms with Crippen molar-refractivity contribution in [2.24, 2.45) is 5.73 Å². The second kappa shape index (κ2) is 9.17. The number of aryl methyl sites for hydroxylation is 1. The molecule has 0 aliphatic heterocycles. The number of unbranched alkanes of at least 4 members (excludes halogenated alkanes) is 3. The lowest BCUT2D eigenvalue weighted by Crippen LogP contribution is -2.25. The van der Waals surface area contributed by atoms with Crippen LogP contribution in [0.5, 0.6) is 0 Å². The highest BCUT2D eigenvalue weighted by Gasteiger charge is 2.08. The number of amides is 1. The Morgan fingerprint density at radius 1 is 1.30 bits per heavy atom. The Hall–Kier alpha value is -1.79. The lowest BCUT2D eigenvalue weighted by molar-refractivity contribution is 0.0952. The molecule has 0 fully saturated rings. The predicted octanol–water partition coefficient (Wildman–Crippen LogP) is 2.62. The molecule has 0 unspecified atom stereocenters. The van der Waals surface area contributed by atoms with Gasteiger partial charge in [-0.05, 0) is 31.0 Å².